The first-order valence-electron chi connectivity index (χ1n) is 6.04. The molecule has 0 atom stereocenters. The number of hydrogen-bond acceptors (Lipinski definition) is 2. The van der Waals surface area contributed by atoms with E-state index in [1.54, 1.807) is 0 Å². The van der Waals surface area contributed by atoms with Crippen LogP contribution < -0.4 is 10.6 Å². The van der Waals surface area contributed by atoms with Gasteiger partial charge >= 0.3 is 0 Å². The third-order valence-corrected chi connectivity index (χ3v) is 2.81. The molecule has 0 bridgehead atoms. The molecule has 18 heavy (non-hydrogen) atoms. The number of nitrogens with two attached hydrogens (primary N) is 1. The van der Waals surface area contributed by atoms with Gasteiger partial charge in [-0.1, -0.05) is 30.3 Å². The lowest BCUT2D eigenvalue weighted by molar-refractivity contribution is 0.626. The molecule has 94 valence electrons. The second-order valence-electron chi connectivity index (χ2n) is 4.17. The molecule has 0 aliphatic rings. The van der Waals surface area contributed by atoms with E-state index in [2.05, 4.69) is 17.0 Å². The molecule has 0 saturated heterocycles. The first-order chi connectivity index (χ1) is 8.79. The van der Waals surface area contributed by atoms with Crippen LogP contribution in [0.3, 0.4) is 0 Å². The van der Waals surface area contributed by atoms with Crippen LogP contribution in [0.5, 0.6) is 0 Å². The van der Waals surface area contributed by atoms with Crippen molar-refractivity contribution in [2.45, 2.75) is 6.54 Å². The summed E-state index contributed by atoms with van der Waals surface area (Å²) < 4.78 is 12.9. The van der Waals surface area contributed by atoms with E-state index in [4.69, 9.17) is 5.73 Å². The summed E-state index contributed by atoms with van der Waals surface area (Å²) >= 11 is 0. The Morgan fingerprint density at radius 1 is 0.944 bits per heavy atom. The van der Waals surface area contributed by atoms with Crippen LogP contribution in [0.15, 0.2) is 54.6 Å². The molecule has 0 saturated carbocycles. The Labute approximate surface area is 107 Å². The molecule has 0 unspecified atom stereocenters. The van der Waals surface area contributed by atoms with Crippen molar-refractivity contribution in [2.75, 3.05) is 18.0 Å². The average molecular weight is 244 g/mol. The molecule has 0 aliphatic carbocycles. The molecule has 3 heteroatoms. The van der Waals surface area contributed by atoms with E-state index in [-0.39, 0.29) is 5.82 Å². The first-order valence-corrected chi connectivity index (χ1v) is 6.04. The molecular formula is C15H17FN2. The van der Waals surface area contributed by atoms with Crippen molar-refractivity contribution in [2.24, 2.45) is 5.73 Å². The van der Waals surface area contributed by atoms with E-state index in [0.29, 0.717) is 6.54 Å². The highest BCUT2D eigenvalue weighted by atomic mass is 19.1. The molecular weight excluding hydrogens is 227 g/mol. The summed E-state index contributed by atoms with van der Waals surface area (Å²) in [7, 11) is 0. The molecule has 2 nitrogen and oxygen atoms in total. The van der Waals surface area contributed by atoms with E-state index < -0.39 is 0 Å². The number of para-hydroxylation sites is 1. The lowest BCUT2D eigenvalue weighted by atomic mass is 10.2. The van der Waals surface area contributed by atoms with Crippen LogP contribution in [0.1, 0.15) is 5.56 Å². The lowest BCUT2D eigenvalue weighted by Crippen LogP contribution is -2.28. The number of halogens is 1. The van der Waals surface area contributed by atoms with Gasteiger partial charge in [-0.25, -0.2) is 4.39 Å². The van der Waals surface area contributed by atoms with E-state index in [0.717, 1.165) is 24.3 Å². The molecule has 0 aliphatic heterocycles. The zero-order chi connectivity index (χ0) is 12.8. The van der Waals surface area contributed by atoms with Gasteiger partial charge < -0.3 is 10.6 Å². The quantitative estimate of drug-likeness (QED) is 0.876. The zero-order valence-corrected chi connectivity index (χ0v) is 10.2. The lowest BCUT2D eigenvalue weighted by Gasteiger charge is -2.24. The van der Waals surface area contributed by atoms with Gasteiger partial charge in [0.1, 0.15) is 5.82 Å². The summed E-state index contributed by atoms with van der Waals surface area (Å²) in [5.41, 5.74) is 7.85. The second kappa shape index (κ2) is 6.17. The Hall–Kier alpha value is -1.87. The van der Waals surface area contributed by atoms with E-state index in [1.807, 2.05) is 30.3 Å². The van der Waals surface area contributed by atoms with Crippen LogP contribution in [-0.4, -0.2) is 13.1 Å². The number of rotatable bonds is 5. The fourth-order valence-electron chi connectivity index (χ4n) is 1.90. The predicted molar refractivity (Wildman–Crippen MR) is 72.9 cm³/mol. The van der Waals surface area contributed by atoms with Crippen molar-refractivity contribution in [3.63, 3.8) is 0 Å². The maximum atomic E-state index is 12.9. The third kappa shape index (κ3) is 3.31. The summed E-state index contributed by atoms with van der Waals surface area (Å²) in [4.78, 5) is 2.19. The minimum Gasteiger partial charge on any atom is -0.366 e. The fraction of sp³-hybridized carbons (Fsp3) is 0.200. The van der Waals surface area contributed by atoms with Crippen molar-refractivity contribution in [1.29, 1.82) is 0 Å². The predicted octanol–water partition coefficient (Wildman–Crippen LogP) is 2.79. The summed E-state index contributed by atoms with van der Waals surface area (Å²) in [5.74, 6) is -0.205. The van der Waals surface area contributed by atoms with Crippen LogP contribution in [0.4, 0.5) is 10.1 Å². The molecule has 2 aromatic carbocycles. The van der Waals surface area contributed by atoms with Gasteiger partial charge in [-0.05, 0) is 29.8 Å². The molecule has 0 radical (unpaired) electrons. The van der Waals surface area contributed by atoms with Gasteiger partial charge in [0.2, 0.25) is 0 Å². The summed E-state index contributed by atoms with van der Waals surface area (Å²) in [6.45, 7) is 2.11. The number of benzene rings is 2. The standard InChI is InChI=1S/C15H17FN2/c16-14-8-6-13(7-9-14)12-18(11-10-17)15-4-2-1-3-5-15/h1-9H,10-12,17H2. The Bertz CT molecular complexity index is 468. The van der Waals surface area contributed by atoms with Crippen LogP contribution in [0, 0.1) is 5.82 Å². The highest BCUT2D eigenvalue weighted by Crippen LogP contribution is 2.16. The van der Waals surface area contributed by atoms with Crippen molar-refractivity contribution in [3.05, 3.63) is 66.0 Å². The molecule has 2 rings (SSSR count). The topological polar surface area (TPSA) is 29.3 Å². The molecule has 2 aromatic rings. The molecule has 0 aromatic heterocycles. The molecule has 2 N–H and O–H groups in total. The van der Waals surface area contributed by atoms with E-state index in [9.17, 15) is 4.39 Å². The van der Waals surface area contributed by atoms with E-state index >= 15 is 0 Å². The Morgan fingerprint density at radius 2 is 1.61 bits per heavy atom. The van der Waals surface area contributed by atoms with Gasteiger partial charge in [-0.3, -0.25) is 0 Å². The van der Waals surface area contributed by atoms with E-state index in [1.165, 1.54) is 12.1 Å². The maximum Gasteiger partial charge on any atom is 0.123 e. The van der Waals surface area contributed by atoms with Gasteiger partial charge in [-0.2, -0.15) is 0 Å². The molecule has 0 fully saturated rings. The summed E-state index contributed by atoms with van der Waals surface area (Å²) in [5, 5.41) is 0. The highest BCUT2D eigenvalue weighted by Gasteiger charge is 2.06. The zero-order valence-electron chi connectivity index (χ0n) is 10.2. The van der Waals surface area contributed by atoms with Gasteiger partial charge in [0.15, 0.2) is 0 Å². The van der Waals surface area contributed by atoms with Gasteiger partial charge in [-0.15, -0.1) is 0 Å². The molecule has 0 spiro atoms. The smallest absolute Gasteiger partial charge is 0.123 e. The van der Waals surface area contributed by atoms with Gasteiger partial charge in [0.05, 0.1) is 0 Å². The van der Waals surface area contributed by atoms with Crippen molar-refractivity contribution in [1.82, 2.24) is 0 Å². The normalized spacial score (nSPS) is 10.3. The Balaban J connectivity index is 2.14. The monoisotopic (exact) mass is 244 g/mol. The Morgan fingerprint density at radius 3 is 2.22 bits per heavy atom. The number of anilines is 1. The van der Waals surface area contributed by atoms with Crippen LogP contribution >= 0.6 is 0 Å². The molecule has 0 amide bonds. The average Bonchev–Trinajstić information content (AvgIpc) is 2.42. The van der Waals surface area contributed by atoms with Crippen LogP contribution in [-0.2, 0) is 6.54 Å². The summed E-state index contributed by atoms with van der Waals surface area (Å²) in [6.07, 6.45) is 0. The largest absolute Gasteiger partial charge is 0.366 e. The summed E-state index contributed by atoms with van der Waals surface area (Å²) in [6, 6.07) is 16.7. The SMILES string of the molecule is NCCN(Cc1ccc(F)cc1)c1ccccc1. The molecule has 0 heterocycles. The second-order valence-corrected chi connectivity index (χ2v) is 4.17. The van der Waals surface area contributed by atoms with Crippen molar-refractivity contribution < 1.29 is 4.39 Å². The Kier molecular flexibility index (Phi) is 4.31. The fourth-order valence-corrected chi connectivity index (χ4v) is 1.90. The van der Waals surface area contributed by atoms with Crippen LogP contribution in [0.25, 0.3) is 0 Å². The van der Waals surface area contributed by atoms with Gasteiger partial charge in [0, 0.05) is 25.3 Å². The first kappa shape index (κ1) is 12.6. The maximum absolute atomic E-state index is 12.9. The number of hydrogen-bond donors (Lipinski definition) is 1. The van der Waals surface area contributed by atoms with Crippen molar-refractivity contribution >= 4 is 5.69 Å². The minimum absolute atomic E-state index is 0.205. The number of nitrogens with zero attached hydrogens (tertiary/aromatic N) is 1. The van der Waals surface area contributed by atoms with Crippen LogP contribution in [0.2, 0.25) is 0 Å². The van der Waals surface area contributed by atoms with Crippen molar-refractivity contribution in [3.8, 4) is 0 Å². The minimum atomic E-state index is -0.205. The third-order valence-electron chi connectivity index (χ3n) is 2.81. The van der Waals surface area contributed by atoms with Gasteiger partial charge in [0.25, 0.3) is 0 Å². The highest BCUT2D eigenvalue weighted by molar-refractivity contribution is 5.46.